The van der Waals surface area contributed by atoms with Gasteiger partial charge in [0, 0.05) is 13.1 Å². The monoisotopic (exact) mass is 294 g/mol. The number of carbonyl (C=O) groups excluding carboxylic acids is 1. The summed E-state index contributed by atoms with van der Waals surface area (Å²) in [6.45, 7) is 4.66. The Labute approximate surface area is 121 Å². The van der Waals surface area contributed by atoms with Gasteiger partial charge in [0.1, 0.15) is 11.1 Å². The Hall–Kier alpha value is -1.50. The lowest BCUT2D eigenvalue weighted by atomic mass is 10.2. The predicted molar refractivity (Wildman–Crippen MR) is 78.5 cm³/mol. The molecule has 5 nitrogen and oxygen atoms in total. The first-order valence-corrected chi connectivity index (χ1v) is 7.40. The molecule has 1 heterocycles. The molecule has 2 atom stereocenters. The molecule has 0 spiro atoms. The zero-order valence-corrected chi connectivity index (χ0v) is 12.3. The molecule has 0 aliphatic carbocycles. The molecule has 0 aliphatic heterocycles. The largest absolute Gasteiger partial charge is 0.383 e. The van der Waals surface area contributed by atoms with Crippen molar-refractivity contribution < 1.29 is 15.0 Å². The number of aliphatic hydroxyl groups is 2. The van der Waals surface area contributed by atoms with Crippen LogP contribution in [0.5, 0.6) is 0 Å². The second-order valence-corrected chi connectivity index (χ2v) is 5.48. The third-order valence-corrected chi connectivity index (χ3v) is 4.30. The summed E-state index contributed by atoms with van der Waals surface area (Å²) in [5, 5.41) is 20.5. The summed E-state index contributed by atoms with van der Waals surface area (Å²) in [5.41, 5.74) is 0.758. The van der Waals surface area contributed by atoms with Crippen LogP contribution < -0.4 is 0 Å². The fraction of sp³-hybridized carbons (Fsp3) is 0.429. The van der Waals surface area contributed by atoms with E-state index in [4.69, 9.17) is 0 Å². The molecular formula is C14H18N2O3S. The molecule has 2 N–H and O–H groups in total. The number of thiazole rings is 1. The molecule has 0 saturated carbocycles. The van der Waals surface area contributed by atoms with Gasteiger partial charge in [-0.3, -0.25) is 4.79 Å². The lowest BCUT2D eigenvalue weighted by molar-refractivity contribution is -0.146. The number of fused-ring (bicyclic) bond motifs is 1. The molecule has 0 radical (unpaired) electrons. The van der Waals surface area contributed by atoms with E-state index < -0.39 is 18.1 Å². The molecule has 108 valence electrons. The minimum atomic E-state index is -1.48. The number of amides is 1. The van der Waals surface area contributed by atoms with Gasteiger partial charge in [0.2, 0.25) is 0 Å². The standard InChI is InChI=1S/C14H18N2O3S/c1-3-16(4-2)14(19)12(18)11(17)13-15-9-7-5-6-8-10(9)20-13/h5-8,11-12,17-18H,3-4H2,1-2H3. The first-order valence-electron chi connectivity index (χ1n) is 6.58. The molecule has 20 heavy (non-hydrogen) atoms. The van der Waals surface area contributed by atoms with Gasteiger partial charge in [0.05, 0.1) is 10.2 Å². The van der Waals surface area contributed by atoms with E-state index in [2.05, 4.69) is 4.98 Å². The van der Waals surface area contributed by atoms with Crippen LogP contribution in [-0.4, -0.2) is 45.2 Å². The highest BCUT2D eigenvalue weighted by Crippen LogP contribution is 2.28. The van der Waals surface area contributed by atoms with Crippen molar-refractivity contribution in [2.45, 2.75) is 26.1 Å². The summed E-state index contributed by atoms with van der Waals surface area (Å²) in [5.74, 6) is -0.471. The van der Waals surface area contributed by atoms with Crippen molar-refractivity contribution in [1.82, 2.24) is 9.88 Å². The number of aliphatic hydroxyl groups excluding tert-OH is 2. The maximum atomic E-state index is 12.0. The van der Waals surface area contributed by atoms with Crippen LogP contribution in [0.2, 0.25) is 0 Å². The first kappa shape index (κ1) is 14.9. The van der Waals surface area contributed by atoms with E-state index in [9.17, 15) is 15.0 Å². The van der Waals surface area contributed by atoms with Crippen molar-refractivity contribution in [2.75, 3.05) is 13.1 Å². The lowest BCUT2D eigenvalue weighted by Crippen LogP contribution is -2.41. The summed E-state index contributed by atoms with van der Waals surface area (Å²) in [4.78, 5) is 17.8. The van der Waals surface area contributed by atoms with Crippen LogP contribution >= 0.6 is 11.3 Å². The summed E-state index contributed by atoms with van der Waals surface area (Å²) < 4.78 is 0.920. The van der Waals surface area contributed by atoms with Gasteiger partial charge in [0.25, 0.3) is 5.91 Å². The van der Waals surface area contributed by atoms with Gasteiger partial charge in [-0.1, -0.05) is 12.1 Å². The SMILES string of the molecule is CCN(CC)C(=O)C(O)C(O)c1nc2ccccc2s1. The minimum Gasteiger partial charge on any atom is -0.383 e. The molecule has 2 aromatic rings. The van der Waals surface area contributed by atoms with Crippen LogP contribution in [0.25, 0.3) is 10.2 Å². The van der Waals surface area contributed by atoms with E-state index in [1.807, 2.05) is 38.1 Å². The number of para-hydroxylation sites is 1. The summed E-state index contributed by atoms with van der Waals surface area (Å²) in [7, 11) is 0. The average molecular weight is 294 g/mol. The quantitative estimate of drug-likeness (QED) is 0.877. The van der Waals surface area contributed by atoms with Gasteiger partial charge in [-0.25, -0.2) is 4.98 Å². The zero-order valence-electron chi connectivity index (χ0n) is 11.5. The number of hydrogen-bond donors (Lipinski definition) is 2. The molecule has 1 aromatic heterocycles. The van der Waals surface area contributed by atoms with Crippen LogP contribution in [0.3, 0.4) is 0 Å². The fourth-order valence-corrected chi connectivity index (χ4v) is 2.99. The van der Waals surface area contributed by atoms with Crippen LogP contribution in [0.15, 0.2) is 24.3 Å². The molecule has 6 heteroatoms. The Morgan fingerprint density at radius 2 is 1.95 bits per heavy atom. The third-order valence-electron chi connectivity index (χ3n) is 3.19. The van der Waals surface area contributed by atoms with E-state index >= 15 is 0 Å². The van der Waals surface area contributed by atoms with E-state index in [1.54, 1.807) is 0 Å². The summed E-state index contributed by atoms with van der Waals surface area (Å²) in [6.07, 6.45) is -2.77. The Bertz CT molecular complexity index is 562. The zero-order chi connectivity index (χ0) is 14.7. The van der Waals surface area contributed by atoms with Gasteiger partial charge in [-0.2, -0.15) is 0 Å². The van der Waals surface area contributed by atoms with Crippen LogP contribution in [0.4, 0.5) is 0 Å². The molecule has 2 rings (SSSR count). The van der Waals surface area contributed by atoms with Gasteiger partial charge in [-0.15, -0.1) is 11.3 Å². The second-order valence-electron chi connectivity index (χ2n) is 4.42. The van der Waals surface area contributed by atoms with Crippen LogP contribution in [-0.2, 0) is 4.79 Å². The van der Waals surface area contributed by atoms with Crippen molar-refractivity contribution in [3.8, 4) is 0 Å². The lowest BCUT2D eigenvalue weighted by Gasteiger charge is -2.23. The van der Waals surface area contributed by atoms with Crippen molar-refractivity contribution in [1.29, 1.82) is 0 Å². The topological polar surface area (TPSA) is 73.7 Å². The highest BCUT2D eigenvalue weighted by molar-refractivity contribution is 7.18. The molecule has 0 bridgehead atoms. The number of carbonyl (C=O) groups is 1. The average Bonchev–Trinajstić information content (AvgIpc) is 2.90. The molecular weight excluding hydrogens is 276 g/mol. The van der Waals surface area contributed by atoms with E-state index in [1.165, 1.54) is 16.2 Å². The Kier molecular flexibility index (Phi) is 4.69. The van der Waals surface area contributed by atoms with Crippen LogP contribution in [0.1, 0.15) is 25.0 Å². The molecule has 2 unspecified atom stereocenters. The number of likely N-dealkylation sites (N-methyl/N-ethyl adjacent to an activating group) is 1. The number of benzene rings is 1. The molecule has 0 saturated heterocycles. The molecule has 1 aromatic carbocycles. The van der Waals surface area contributed by atoms with Crippen molar-refractivity contribution in [3.63, 3.8) is 0 Å². The first-order chi connectivity index (χ1) is 9.58. The highest BCUT2D eigenvalue weighted by Gasteiger charge is 2.30. The predicted octanol–water partition coefficient (Wildman–Crippen LogP) is 1.56. The Morgan fingerprint density at radius 3 is 2.55 bits per heavy atom. The smallest absolute Gasteiger partial charge is 0.254 e. The van der Waals surface area contributed by atoms with E-state index in [0.29, 0.717) is 18.1 Å². The summed E-state index contributed by atoms with van der Waals surface area (Å²) >= 11 is 1.29. The van der Waals surface area contributed by atoms with E-state index in [-0.39, 0.29) is 0 Å². The van der Waals surface area contributed by atoms with Gasteiger partial charge in [-0.05, 0) is 26.0 Å². The van der Waals surface area contributed by atoms with Crippen LogP contribution in [0, 0.1) is 0 Å². The van der Waals surface area contributed by atoms with Crippen molar-refractivity contribution in [3.05, 3.63) is 29.3 Å². The van der Waals surface area contributed by atoms with Gasteiger partial charge >= 0.3 is 0 Å². The van der Waals surface area contributed by atoms with Crippen molar-refractivity contribution in [2.24, 2.45) is 0 Å². The number of rotatable bonds is 5. The minimum absolute atomic E-state index is 0.360. The van der Waals surface area contributed by atoms with Gasteiger partial charge in [0.15, 0.2) is 6.10 Å². The number of nitrogens with zero attached hydrogens (tertiary/aromatic N) is 2. The Balaban J connectivity index is 2.21. The maximum absolute atomic E-state index is 12.0. The Morgan fingerprint density at radius 1 is 1.30 bits per heavy atom. The normalized spacial score (nSPS) is 14.2. The highest BCUT2D eigenvalue weighted by atomic mass is 32.1. The maximum Gasteiger partial charge on any atom is 0.254 e. The molecule has 1 amide bonds. The third kappa shape index (κ3) is 2.82. The molecule has 0 aliphatic rings. The fourth-order valence-electron chi connectivity index (χ4n) is 2.01. The van der Waals surface area contributed by atoms with E-state index in [0.717, 1.165) is 10.2 Å². The summed E-state index contributed by atoms with van der Waals surface area (Å²) in [6, 6.07) is 7.46. The van der Waals surface area contributed by atoms with Crippen molar-refractivity contribution >= 4 is 27.5 Å². The van der Waals surface area contributed by atoms with Gasteiger partial charge < -0.3 is 15.1 Å². The molecule has 0 fully saturated rings. The second kappa shape index (κ2) is 6.30. The number of aromatic nitrogens is 1. The number of hydrogen-bond acceptors (Lipinski definition) is 5.